The average Bonchev–Trinajstić information content (AvgIpc) is 3.66. The number of ether oxygens (including phenoxy) is 7. The van der Waals surface area contributed by atoms with Crippen molar-refractivity contribution in [2.24, 2.45) is 0 Å². The maximum Gasteiger partial charge on any atom is 0.355 e. The van der Waals surface area contributed by atoms with Gasteiger partial charge in [0.25, 0.3) is 0 Å². The van der Waals surface area contributed by atoms with Crippen LogP contribution in [0.5, 0.6) is 0 Å². The molecular formula is C39H45NO12. The number of carbonyl (C=O) groups excluding carboxylic acids is 3. The molecular weight excluding hydrogens is 674 g/mol. The summed E-state index contributed by atoms with van der Waals surface area (Å²) in [6.45, 7) is 5.30. The minimum absolute atomic E-state index is 0.0317. The van der Waals surface area contributed by atoms with E-state index in [1.54, 1.807) is 20.8 Å². The SMILES string of the molecule is CCOC(=O)[C@@H]1C[C@]23[C@H](O[C@H](COCc4ccccc4)[C@H](OCc4ccccc4)[C@@H]2OCc2ccccc2)C(C(=O)OCC)(C(=O)OCC)ON3O1. The summed E-state index contributed by atoms with van der Waals surface area (Å²) >= 11 is 0. The normalized spacial score (nSPS) is 26.2. The highest BCUT2D eigenvalue weighted by molar-refractivity contribution is 6.05. The number of rotatable bonds is 16. The Morgan fingerprint density at radius 2 is 1.23 bits per heavy atom. The van der Waals surface area contributed by atoms with E-state index < -0.39 is 59.6 Å². The standard InChI is InChI=1S/C39H45NO12/c1-4-45-34(41)30-22-38-33(49-25-29-20-14-9-15-21-29)32(48-24-28-18-12-8-13-19-28)31(26-44-23-27-16-10-7-11-17-27)50-35(38)39(36(42)46-5-2,37(43)47-6-3)52-40(38)51-30/h7-21,30-33,35H,4-6,22-26H2,1-3H3/t30-,31+,32-,33-,35-,38+/m0/s1. The molecule has 13 heteroatoms. The van der Waals surface area contributed by atoms with Crippen LogP contribution in [-0.2, 0) is 77.0 Å². The van der Waals surface area contributed by atoms with E-state index in [0.29, 0.717) is 0 Å². The van der Waals surface area contributed by atoms with Crippen LogP contribution in [0.15, 0.2) is 91.0 Å². The highest BCUT2D eigenvalue weighted by atomic mass is 17.0. The van der Waals surface area contributed by atoms with E-state index in [4.69, 9.17) is 42.8 Å². The van der Waals surface area contributed by atoms with Crippen molar-refractivity contribution in [1.82, 2.24) is 5.23 Å². The molecule has 0 saturated carbocycles. The van der Waals surface area contributed by atoms with Gasteiger partial charge in [-0.2, -0.15) is 0 Å². The second-order valence-electron chi connectivity index (χ2n) is 12.6. The lowest BCUT2D eigenvalue weighted by molar-refractivity contribution is -0.391. The second-order valence-corrected chi connectivity index (χ2v) is 12.6. The van der Waals surface area contributed by atoms with Gasteiger partial charge in [-0.3, -0.25) is 4.84 Å². The summed E-state index contributed by atoms with van der Waals surface area (Å²) in [6, 6.07) is 28.7. The molecule has 0 unspecified atom stereocenters. The highest BCUT2D eigenvalue weighted by Gasteiger charge is 2.82. The topological polar surface area (TPSA) is 138 Å². The van der Waals surface area contributed by atoms with Gasteiger partial charge in [0, 0.05) is 6.42 Å². The zero-order valence-electron chi connectivity index (χ0n) is 29.6. The van der Waals surface area contributed by atoms with E-state index in [2.05, 4.69) is 0 Å². The van der Waals surface area contributed by atoms with Gasteiger partial charge in [-0.05, 0) is 37.5 Å². The first-order valence-electron chi connectivity index (χ1n) is 17.6. The molecule has 3 saturated heterocycles. The van der Waals surface area contributed by atoms with Gasteiger partial charge >= 0.3 is 23.5 Å². The number of esters is 3. The quantitative estimate of drug-likeness (QED) is 0.119. The number of nitrogens with zero attached hydrogens (tertiary/aromatic N) is 1. The number of carbonyl (C=O) groups is 3. The Labute approximate surface area is 302 Å². The summed E-state index contributed by atoms with van der Waals surface area (Å²) in [5, 5.41) is 0.989. The number of hydrogen-bond acceptors (Lipinski definition) is 13. The van der Waals surface area contributed by atoms with Crippen LogP contribution < -0.4 is 0 Å². The van der Waals surface area contributed by atoms with Gasteiger partial charge in [0.05, 0.1) is 46.2 Å². The van der Waals surface area contributed by atoms with Crippen molar-refractivity contribution >= 4 is 17.9 Å². The van der Waals surface area contributed by atoms with Crippen molar-refractivity contribution in [2.75, 3.05) is 26.4 Å². The van der Waals surface area contributed by atoms with Gasteiger partial charge in [-0.15, -0.1) is 0 Å². The van der Waals surface area contributed by atoms with Crippen LogP contribution in [0, 0.1) is 0 Å². The largest absolute Gasteiger partial charge is 0.464 e. The molecule has 0 bridgehead atoms. The van der Waals surface area contributed by atoms with Crippen LogP contribution in [0.2, 0.25) is 0 Å². The minimum atomic E-state index is -2.50. The molecule has 278 valence electrons. The fourth-order valence-electron chi connectivity index (χ4n) is 6.95. The Bertz CT molecular complexity index is 1610. The molecule has 3 fully saturated rings. The zero-order chi connectivity index (χ0) is 36.6. The molecule has 0 amide bonds. The summed E-state index contributed by atoms with van der Waals surface area (Å²) in [5.41, 5.74) is -1.48. The van der Waals surface area contributed by atoms with Crippen molar-refractivity contribution in [1.29, 1.82) is 0 Å². The molecule has 3 aliphatic rings. The lowest BCUT2D eigenvalue weighted by Gasteiger charge is -2.50. The molecule has 6 atom stereocenters. The maximum atomic E-state index is 14.1. The number of benzene rings is 3. The summed E-state index contributed by atoms with van der Waals surface area (Å²) < 4.78 is 42.9. The van der Waals surface area contributed by atoms with Gasteiger partial charge in [0.1, 0.15) is 30.0 Å². The lowest BCUT2D eigenvalue weighted by atomic mass is 9.71. The Hall–Kier alpha value is -4.21. The summed E-state index contributed by atoms with van der Waals surface area (Å²) in [6.07, 6.45) is -5.73. The fraction of sp³-hybridized carbons (Fsp3) is 0.462. The number of hydroxylamine groups is 2. The highest BCUT2D eigenvalue weighted by Crippen LogP contribution is 2.56. The Kier molecular flexibility index (Phi) is 12.3. The van der Waals surface area contributed by atoms with E-state index in [1.807, 2.05) is 91.0 Å². The van der Waals surface area contributed by atoms with Crippen molar-refractivity contribution in [3.8, 4) is 0 Å². The second kappa shape index (κ2) is 17.1. The monoisotopic (exact) mass is 719 g/mol. The molecule has 1 spiro atoms. The van der Waals surface area contributed by atoms with Crippen molar-refractivity contribution in [3.63, 3.8) is 0 Å². The van der Waals surface area contributed by atoms with Gasteiger partial charge in [-0.25, -0.2) is 19.2 Å². The average molecular weight is 720 g/mol. The van der Waals surface area contributed by atoms with Gasteiger partial charge < -0.3 is 33.2 Å². The Balaban J connectivity index is 1.47. The van der Waals surface area contributed by atoms with E-state index in [0.717, 1.165) is 21.9 Å². The molecule has 3 aromatic carbocycles. The summed E-state index contributed by atoms with van der Waals surface area (Å²) in [5.74, 6) is -2.75. The molecule has 3 heterocycles. The molecule has 0 aromatic heterocycles. The number of hydrogen-bond donors (Lipinski definition) is 0. The van der Waals surface area contributed by atoms with Gasteiger partial charge in [0.15, 0.2) is 6.10 Å². The fourth-order valence-corrected chi connectivity index (χ4v) is 6.95. The van der Waals surface area contributed by atoms with Gasteiger partial charge in [-0.1, -0.05) is 96.2 Å². The molecule has 13 nitrogen and oxygen atoms in total. The summed E-state index contributed by atoms with van der Waals surface area (Å²) in [4.78, 5) is 53.8. The smallest absolute Gasteiger partial charge is 0.355 e. The first-order valence-corrected chi connectivity index (χ1v) is 17.6. The molecule has 3 aliphatic heterocycles. The van der Waals surface area contributed by atoms with E-state index in [-0.39, 0.29) is 52.7 Å². The van der Waals surface area contributed by atoms with Crippen molar-refractivity contribution < 1.29 is 57.2 Å². The van der Waals surface area contributed by atoms with Gasteiger partial charge in [0.2, 0.25) is 0 Å². The predicted octanol–water partition coefficient (Wildman–Crippen LogP) is 4.26. The lowest BCUT2D eigenvalue weighted by Crippen LogP contribution is -2.73. The molecule has 6 rings (SSSR count). The van der Waals surface area contributed by atoms with Crippen molar-refractivity contribution in [2.45, 2.75) is 88.7 Å². The maximum absolute atomic E-state index is 14.1. The van der Waals surface area contributed by atoms with Crippen LogP contribution in [0.3, 0.4) is 0 Å². The molecule has 52 heavy (non-hydrogen) atoms. The van der Waals surface area contributed by atoms with Crippen LogP contribution in [-0.4, -0.2) is 91.2 Å². The first-order chi connectivity index (χ1) is 25.4. The van der Waals surface area contributed by atoms with E-state index in [9.17, 15) is 14.4 Å². The molecule has 3 aromatic rings. The van der Waals surface area contributed by atoms with Crippen LogP contribution >= 0.6 is 0 Å². The Morgan fingerprint density at radius 1 is 0.712 bits per heavy atom. The van der Waals surface area contributed by atoms with Crippen LogP contribution in [0.25, 0.3) is 0 Å². The van der Waals surface area contributed by atoms with E-state index in [1.165, 1.54) is 0 Å². The minimum Gasteiger partial charge on any atom is -0.464 e. The van der Waals surface area contributed by atoms with E-state index >= 15 is 0 Å². The third-order valence-corrected chi connectivity index (χ3v) is 9.25. The molecule has 0 radical (unpaired) electrons. The zero-order valence-corrected chi connectivity index (χ0v) is 29.6. The predicted molar refractivity (Wildman–Crippen MR) is 183 cm³/mol. The molecule has 0 aliphatic carbocycles. The molecule has 0 N–H and O–H groups in total. The third-order valence-electron chi connectivity index (χ3n) is 9.25. The Morgan fingerprint density at radius 3 is 1.77 bits per heavy atom. The first kappa shape index (κ1) is 37.5. The third kappa shape index (κ3) is 7.48. The van der Waals surface area contributed by atoms with Crippen LogP contribution in [0.4, 0.5) is 0 Å². The summed E-state index contributed by atoms with van der Waals surface area (Å²) in [7, 11) is 0. The van der Waals surface area contributed by atoms with Crippen LogP contribution in [0.1, 0.15) is 43.9 Å². The van der Waals surface area contributed by atoms with Crippen molar-refractivity contribution in [3.05, 3.63) is 108 Å².